The quantitative estimate of drug-likeness (QED) is 0.565. The number of benzene rings is 1. The number of pyridine rings is 2. The van der Waals surface area contributed by atoms with Crippen LogP contribution in [0.1, 0.15) is 24.2 Å². The van der Waals surface area contributed by atoms with Gasteiger partial charge in [-0.3, -0.25) is 15.2 Å². The molecular weight excluding hydrogens is 392 g/mol. The predicted octanol–water partition coefficient (Wildman–Crippen LogP) is 3.52. The Morgan fingerprint density at radius 2 is 1.97 bits per heavy atom. The van der Waals surface area contributed by atoms with E-state index in [1.807, 2.05) is 37.5 Å². The number of aryl methyl sites for hydroxylation is 1. The van der Waals surface area contributed by atoms with Crippen molar-refractivity contribution in [2.45, 2.75) is 20.0 Å². The molecule has 0 spiro atoms. The van der Waals surface area contributed by atoms with Gasteiger partial charge in [-0.05, 0) is 60.7 Å². The number of hydrogen-bond donors (Lipinski definition) is 3. The number of ether oxygens (including phenoxy) is 1. The lowest BCUT2D eigenvalue weighted by Gasteiger charge is -2.35. The van der Waals surface area contributed by atoms with E-state index in [4.69, 9.17) is 4.74 Å². The summed E-state index contributed by atoms with van der Waals surface area (Å²) in [5, 5.41) is 11.3. The molecule has 1 unspecified atom stereocenters. The molecule has 0 aliphatic carbocycles. The summed E-state index contributed by atoms with van der Waals surface area (Å²) in [7, 11) is 0. The molecule has 2 amide bonds. The van der Waals surface area contributed by atoms with Gasteiger partial charge in [-0.2, -0.15) is 0 Å². The van der Waals surface area contributed by atoms with Crippen molar-refractivity contribution in [3.05, 3.63) is 60.0 Å². The Bertz CT molecular complexity index is 1040. The fourth-order valence-electron chi connectivity index (χ4n) is 3.84. The minimum atomic E-state index is -0.259. The number of hydrogen-bond acceptors (Lipinski definition) is 6. The highest BCUT2D eigenvalue weighted by atomic mass is 16.5. The Labute approximate surface area is 182 Å². The zero-order valence-electron chi connectivity index (χ0n) is 17.9. The van der Waals surface area contributed by atoms with Crippen LogP contribution in [0.5, 0.6) is 0 Å². The maximum absolute atomic E-state index is 11.9. The second-order valence-electron chi connectivity index (χ2n) is 7.54. The zero-order valence-corrected chi connectivity index (χ0v) is 17.9. The Balaban J connectivity index is 1.64. The van der Waals surface area contributed by atoms with Crippen LogP contribution in [0.3, 0.4) is 0 Å². The maximum atomic E-state index is 11.9. The molecule has 1 saturated heterocycles. The highest BCUT2D eigenvalue weighted by Gasteiger charge is 2.22. The number of morpholine rings is 1. The first-order chi connectivity index (χ1) is 15.1. The van der Waals surface area contributed by atoms with Crippen molar-refractivity contribution in [3.63, 3.8) is 0 Å². The van der Waals surface area contributed by atoms with Crippen molar-refractivity contribution < 1.29 is 9.53 Å². The molecular formula is C23H28N6O2. The summed E-state index contributed by atoms with van der Waals surface area (Å²) in [6.45, 7) is 7.67. The van der Waals surface area contributed by atoms with Crippen LogP contribution in [0.25, 0.3) is 10.8 Å². The molecule has 1 aromatic carbocycles. The van der Waals surface area contributed by atoms with Gasteiger partial charge in [0, 0.05) is 49.3 Å². The second-order valence-corrected chi connectivity index (χ2v) is 7.54. The van der Waals surface area contributed by atoms with Gasteiger partial charge in [-0.15, -0.1) is 0 Å². The van der Waals surface area contributed by atoms with Gasteiger partial charge in [0.2, 0.25) is 0 Å². The van der Waals surface area contributed by atoms with Gasteiger partial charge in [-0.1, -0.05) is 0 Å². The third-order valence-electron chi connectivity index (χ3n) is 5.36. The van der Waals surface area contributed by atoms with Crippen molar-refractivity contribution >= 4 is 28.3 Å². The first-order valence-corrected chi connectivity index (χ1v) is 10.6. The molecule has 1 aliphatic rings. The summed E-state index contributed by atoms with van der Waals surface area (Å²) in [4.78, 5) is 22.8. The van der Waals surface area contributed by atoms with Crippen LogP contribution in [0.15, 0.2) is 48.9 Å². The number of anilines is 2. The van der Waals surface area contributed by atoms with Crippen molar-refractivity contribution in [2.24, 2.45) is 0 Å². The smallest absolute Gasteiger partial charge is 0.320 e. The number of amides is 2. The second kappa shape index (κ2) is 9.72. The Kier molecular flexibility index (Phi) is 6.59. The largest absolute Gasteiger partial charge is 0.379 e. The van der Waals surface area contributed by atoms with Crippen LogP contribution in [-0.4, -0.2) is 53.7 Å². The molecule has 2 aromatic heterocycles. The SMILES string of the molecule is CCNC(=O)Nc1cc2cc(NC(c3ccncc3)N3CCOCC3)cc(C)c2cn1. The number of fused-ring (bicyclic) bond motifs is 1. The van der Waals surface area contributed by atoms with Gasteiger partial charge >= 0.3 is 6.03 Å². The van der Waals surface area contributed by atoms with E-state index in [-0.39, 0.29) is 12.2 Å². The topological polar surface area (TPSA) is 91.4 Å². The van der Waals surface area contributed by atoms with Gasteiger partial charge in [0.05, 0.1) is 13.2 Å². The van der Waals surface area contributed by atoms with Crippen molar-refractivity contribution in [3.8, 4) is 0 Å². The standard InChI is InChI=1S/C23H28N6O2/c1-3-25-23(30)28-21-14-18-13-19(12-16(2)20(18)15-26-21)27-22(17-4-6-24-7-5-17)29-8-10-31-11-9-29/h4-7,12-15,22,27H,3,8-11H2,1-2H3,(H2,25,26,28,30). The first kappa shape index (κ1) is 21.0. The number of carbonyl (C=O) groups is 1. The van der Waals surface area contributed by atoms with E-state index < -0.39 is 0 Å². The van der Waals surface area contributed by atoms with Crippen LogP contribution in [-0.2, 0) is 4.74 Å². The first-order valence-electron chi connectivity index (χ1n) is 10.6. The molecule has 8 heteroatoms. The van der Waals surface area contributed by atoms with Gasteiger partial charge in [0.1, 0.15) is 12.0 Å². The summed E-state index contributed by atoms with van der Waals surface area (Å²) >= 11 is 0. The van der Waals surface area contributed by atoms with Crippen LogP contribution in [0.2, 0.25) is 0 Å². The van der Waals surface area contributed by atoms with Crippen molar-refractivity contribution in [2.75, 3.05) is 43.5 Å². The van der Waals surface area contributed by atoms with Gasteiger partial charge in [-0.25, -0.2) is 9.78 Å². The summed E-state index contributed by atoms with van der Waals surface area (Å²) in [6, 6.07) is 9.96. The lowest BCUT2D eigenvalue weighted by Crippen LogP contribution is -2.42. The summed E-state index contributed by atoms with van der Waals surface area (Å²) in [6.07, 6.45) is 5.46. The molecule has 0 radical (unpaired) electrons. The lowest BCUT2D eigenvalue weighted by atomic mass is 10.1. The van der Waals surface area contributed by atoms with Crippen LogP contribution in [0.4, 0.5) is 16.3 Å². The number of nitrogens with one attached hydrogen (secondary N) is 3. The molecule has 3 heterocycles. The highest BCUT2D eigenvalue weighted by Crippen LogP contribution is 2.29. The third kappa shape index (κ3) is 5.10. The van der Waals surface area contributed by atoms with E-state index in [1.54, 1.807) is 6.20 Å². The molecule has 4 rings (SSSR count). The maximum Gasteiger partial charge on any atom is 0.320 e. The molecule has 8 nitrogen and oxygen atoms in total. The highest BCUT2D eigenvalue weighted by molar-refractivity contribution is 5.94. The van der Waals surface area contributed by atoms with Gasteiger partial charge < -0.3 is 15.4 Å². The van der Waals surface area contributed by atoms with E-state index in [2.05, 4.69) is 49.9 Å². The average molecular weight is 421 g/mol. The van der Waals surface area contributed by atoms with Gasteiger partial charge in [0.15, 0.2) is 0 Å². The van der Waals surface area contributed by atoms with Crippen LogP contribution < -0.4 is 16.0 Å². The molecule has 162 valence electrons. The van der Waals surface area contributed by atoms with Crippen molar-refractivity contribution in [1.82, 2.24) is 20.2 Å². The molecule has 1 aliphatic heterocycles. The number of nitrogens with zero attached hydrogens (tertiary/aromatic N) is 3. The normalized spacial score (nSPS) is 15.4. The van der Waals surface area contributed by atoms with E-state index >= 15 is 0 Å². The summed E-state index contributed by atoms with van der Waals surface area (Å²) < 4.78 is 5.55. The number of carbonyl (C=O) groups excluding carboxylic acids is 1. The zero-order chi connectivity index (χ0) is 21.6. The van der Waals surface area contributed by atoms with Crippen LogP contribution in [0, 0.1) is 6.92 Å². The molecule has 1 atom stereocenters. The molecule has 0 saturated carbocycles. The number of urea groups is 1. The predicted molar refractivity (Wildman–Crippen MR) is 122 cm³/mol. The molecule has 31 heavy (non-hydrogen) atoms. The number of aromatic nitrogens is 2. The fraction of sp³-hybridized carbons (Fsp3) is 0.348. The molecule has 3 N–H and O–H groups in total. The molecule has 0 bridgehead atoms. The Hall–Kier alpha value is -3.23. The third-order valence-corrected chi connectivity index (χ3v) is 5.36. The molecule has 1 fully saturated rings. The van der Waals surface area contributed by atoms with Gasteiger partial charge in [0.25, 0.3) is 0 Å². The molecule has 3 aromatic rings. The van der Waals surface area contributed by atoms with E-state index in [1.165, 1.54) is 0 Å². The number of rotatable bonds is 6. The van der Waals surface area contributed by atoms with E-state index in [9.17, 15) is 4.79 Å². The van der Waals surface area contributed by atoms with Crippen LogP contribution >= 0.6 is 0 Å². The monoisotopic (exact) mass is 420 g/mol. The van der Waals surface area contributed by atoms with Crippen molar-refractivity contribution in [1.29, 1.82) is 0 Å². The minimum Gasteiger partial charge on any atom is -0.379 e. The fourth-order valence-corrected chi connectivity index (χ4v) is 3.84. The average Bonchev–Trinajstić information content (AvgIpc) is 2.78. The summed E-state index contributed by atoms with van der Waals surface area (Å²) in [5.74, 6) is 0.522. The Morgan fingerprint density at radius 1 is 1.19 bits per heavy atom. The minimum absolute atomic E-state index is 0.0125. The lowest BCUT2D eigenvalue weighted by molar-refractivity contribution is 0.0217. The van der Waals surface area contributed by atoms with E-state index in [0.29, 0.717) is 12.4 Å². The van der Waals surface area contributed by atoms with E-state index in [0.717, 1.165) is 53.9 Å². The summed E-state index contributed by atoms with van der Waals surface area (Å²) in [5.41, 5.74) is 3.28. The Morgan fingerprint density at radius 3 is 2.71 bits per heavy atom.